The largest absolute Gasteiger partial charge is 0.380 e. The van der Waals surface area contributed by atoms with Crippen molar-refractivity contribution in [2.75, 3.05) is 25.1 Å². The predicted molar refractivity (Wildman–Crippen MR) is 95.8 cm³/mol. The lowest BCUT2D eigenvalue weighted by molar-refractivity contribution is 0.0945. The molecular weight excluding hydrogens is 318 g/mol. The first-order chi connectivity index (χ1) is 12.0. The number of rotatable bonds is 5. The lowest BCUT2D eigenvalue weighted by Gasteiger charge is -2.25. The van der Waals surface area contributed by atoms with Gasteiger partial charge in [-0.3, -0.25) is 4.79 Å². The Bertz CT molecular complexity index is 758. The van der Waals surface area contributed by atoms with Crippen molar-refractivity contribution in [3.8, 4) is 0 Å². The molecule has 2 aromatic rings. The molecule has 25 heavy (non-hydrogen) atoms. The molecule has 0 saturated carbocycles. The highest BCUT2D eigenvalue weighted by Crippen LogP contribution is 2.25. The third kappa shape index (κ3) is 3.66. The molecule has 1 N–H and O–H groups in total. The van der Waals surface area contributed by atoms with E-state index in [9.17, 15) is 4.79 Å². The Morgan fingerprint density at radius 2 is 2.20 bits per heavy atom. The monoisotopic (exact) mass is 343 g/mol. The van der Waals surface area contributed by atoms with Crippen molar-refractivity contribution in [2.45, 2.75) is 32.4 Å². The zero-order valence-electron chi connectivity index (χ0n) is 15.2. The fourth-order valence-electron chi connectivity index (χ4n) is 3.27. The Kier molecular flexibility index (Phi) is 5.03. The molecule has 2 atom stereocenters. The number of hydrogen-bond acceptors (Lipinski definition) is 5. The fourth-order valence-corrected chi connectivity index (χ4v) is 3.27. The van der Waals surface area contributed by atoms with Gasteiger partial charge in [-0.25, -0.2) is 9.97 Å². The van der Waals surface area contributed by atoms with Gasteiger partial charge < -0.3 is 19.5 Å². The molecule has 134 valence electrons. The third-order valence-corrected chi connectivity index (χ3v) is 4.92. The summed E-state index contributed by atoms with van der Waals surface area (Å²) in [4.78, 5) is 23.2. The van der Waals surface area contributed by atoms with Gasteiger partial charge in [0.25, 0.3) is 5.91 Å². The van der Waals surface area contributed by atoms with Crippen LogP contribution in [0.1, 0.15) is 28.2 Å². The number of carbonyl (C=O) groups is 1. The van der Waals surface area contributed by atoms with Crippen LogP contribution >= 0.6 is 0 Å². The maximum atomic E-state index is 12.5. The van der Waals surface area contributed by atoms with Crippen LogP contribution in [0.3, 0.4) is 0 Å². The number of methoxy groups -OCH3 is 1. The van der Waals surface area contributed by atoms with Crippen molar-refractivity contribution in [3.63, 3.8) is 0 Å². The van der Waals surface area contributed by atoms with Gasteiger partial charge in [0, 0.05) is 50.9 Å². The number of hydrogen-bond donors (Lipinski definition) is 1. The Labute approximate surface area is 148 Å². The van der Waals surface area contributed by atoms with Gasteiger partial charge in [-0.15, -0.1) is 0 Å². The average molecular weight is 343 g/mol. The van der Waals surface area contributed by atoms with Crippen LogP contribution in [-0.2, 0) is 11.8 Å². The van der Waals surface area contributed by atoms with Crippen LogP contribution in [0.25, 0.3) is 0 Å². The summed E-state index contributed by atoms with van der Waals surface area (Å²) in [6.07, 6.45) is 4.47. The molecule has 1 aliphatic heterocycles. The van der Waals surface area contributed by atoms with Crippen LogP contribution in [0.4, 0.5) is 5.82 Å². The molecule has 0 aliphatic carbocycles. The number of nitrogens with zero attached hydrogens (tertiary/aromatic N) is 4. The fraction of sp³-hybridized carbons (Fsp3) is 0.500. The predicted octanol–water partition coefficient (Wildman–Crippen LogP) is 1.46. The molecule has 1 fully saturated rings. The summed E-state index contributed by atoms with van der Waals surface area (Å²) in [5, 5.41) is 3.06. The van der Waals surface area contributed by atoms with E-state index in [0.717, 1.165) is 30.2 Å². The minimum atomic E-state index is -0.0437. The quantitative estimate of drug-likeness (QED) is 0.890. The molecule has 3 rings (SSSR count). The summed E-state index contributed by atoms with van der Waals surface area (Å²) in [6, 6.07) is 3.96. The zero-order chi connectivity index (χ0) is 18.0. The van der Waals surface area contributed by atoms with E-state index in [2.05, 4.69) is 20.2 Å². The Morgan fingerprint density at radius 1 is 1.40 bits per heavy atom. The molecule has 0 unspecified atom stereocenters. The molecule has 0 aromatic carbocycles. The summed E-state index contributed by atoms with van der Waals surface area (Å²) in [7, 11) is 3.66. The molecule has 7 nitrogen and oxygen atoms in total. The molecular formula is C18H25N5O2. The topological polar surface area (TPSA) is 72.3 Å². The number of amides is 1. The average Bonchev–Trinajstić information content (AvgIpc) is 3.17. The van der Waals surface area contributed by atoms with E-state index in [-0.39, 0.29) is 18.1 Å². The van der Waals surface area contributed by atoms with E-state index in [0.29, 0.717) is 12.1 Å². The molecule has 1 amide bonds. The van der Waals surface area contributed by atoms with Crippen LogP contribution < -0.4 is 10.2 Å². The Balaban J connectivity index is 1.70. The van der Waals surface area contributed by atoms with Gasteiger partial charge in [-0.2, -0.15) is 0 Å². The molecule has 0 bridgehead atoms. The first-order valence-corrected chi connectivity index (χ1v) is 8.47. The second-order valence-electron chi connectivity index (χ2n) is 6.55. The summed E-state index contributed by atoms with van der Waals surface area (Å²) in [5.74, 6) is 0.833. The van der Waals surface area contributed by atoms with Crippen LogP contribution in [0.15, 0.2) is 24.7 Å². The number of aromatic nitrogens is 3. The number of anilines is 1. The molecule has 0 spiro atoms. The summed E-state index contributed by atoms with van der Waals surface area (Å²) in [5.41, 5.74) is 2.60. The highest BCUT2D eigenvalue weighted by Gasteiger charge is 2.33. The van der Waals surface area contributed by atoms with Crippen molar-refractivity contribution >= 4 is 11.7 Å². The van der Waals surface area contributed by atoms with Crippen molar-refractivity contribution in [3.05, 3.63) is 41.6 Å². The summed E-state index contributed by atoms with van der Waals surface area (Å²) >= 11 is 0. The Hall–Kier alpha value is -2.41. The Morgan fingerprint density at radius 3 is 2.84 bits per heavy atom. The molecule has 2 aromatic heterocycles. The SMILES string of the molecule is CO[C@H]1C[C@@H](CNC(=O)c2ccn(C)c2C)N(c2cc(C)ncn2)C1. The van der Waals surface area contributed by atoms with Gasteiger partial charge in [0.05, 0.1) is 17.7 Å². The normalized spacial score (nSPS) is 20.1. The smallest absolute Gasteiger partial charge is 0.253 e. The van der Waals surface area contributed by atoms with Crippen molar-refractivity contribution < 1.29 is 9.53 Å². The molecule has 0 radical (unpaired) electrons. The van der Waals surface area contributed by atoms with Crippen LogP contribution in [0.5, 0.6) is 0 Å². The van der Waals surface area contributed by atoms with Crippen LogP contribution in [0.2, 0.25) is 0 Å². The van der Waals surface area contributed by atoms with Gasteiger partial charge >= 0.3 is 0 Å². The van der Waals surface area contributed by atoms with Gasteiger partial charge in [0.15, 0.2) is 0 Å². The number of nitrogens with one attached hydrogen (secondary N) is 1. The molecule has 1 saturated heterocycles. The minimum Gasteiger partial charge on any atom is -0.380 e. The second kappa shape index (κ2) is 7.23. The maximum absolute atomic E-state index is 12.5. The lowest BCUT2D eigenvalue weighted by atomic mass is 10.2. The lowest BCUT2D eigenvalue weighted by Crippen LogP contribution is -2.40. The van der Waals surface area contributed by atoms with Gasteiger partial charge in [0.2, 0.25) is 0 Å². The van der Waals surface area contributed by atoms with Crippen molar-refractivity contribution in [1.29, 1.82) is 0 Å². The van der Waals surface area contributed by atoms with Gasteiger partial charge in [-0.1, -0.05) is 0 Å². The molecule has 1 aliphatic rings. The standard InChI is InChI=1S/C18H25N5O2/c1-12-7-17(21-11-20-12)23-10-15(25-4)8-14(23)9-19-18(24)16-5-6-22(3)13(16)2/h5-7,11,14-15H,8-10H2,1-4H3,(H,19,24)/t14-,15-/m0/s1. The number of carbonyl (C=O) groups excluding carboxylic acids is 1. The van der Waals surface area contributed by atoms with E-state index < -0.39 is 0 Å². The van der Waals surface area contributed by atoms with Gasteiger partial charge in [-0.05, 0) is 26.3 Å². The van der Waals surface area contributed by atoms with Gasteiger partial charge in [0.1, 0.15) is 12.1 Å². The van der Waals surface area contributed by atoms with Crippen molar-refractivity contribution in [1.82, 2.24) is 19.9 Å². The first-order valence-electron chi connectivity index (χ1n) is 8.47. The highest BCUT2D eigenvalue weighted by molar-refractivity contribution is 5.95. The van der Waals surface area contributed by atoms with E-state index in [4.69, 9.17) is 4.74 Å². The van der Waals surface area contributed by atoms with Crippen LogP contribution in [0, 0.1) is 13.8 Å². The molecule has 7 heteroatoms. The summed E-state index contributed by atoms with van der Waals surface area (Å²) in [6.45, 7) is 5.21. The van der Waals surface area contributed by atoms with Crippen LogP contribution in [-0.4, -0.2) is 52.8 Å². The molecule has 3 heterocycles. The van der Waals surface area contributed by atoms with E-state index in [1.165, 1.54) is 0 Å². The highest BCUT2D eigenvalue weighted by atomic mass is 16.5. The zero-order valence-corrected chi connectivity index (χ0v) is 15.2. The van der Waals surface area contributed by atoms with E-state index in [1.54, 1.807) is 13.4 Å². The minimum absolute atomic E-state index is 0.0437. The third-order valence-electron chi connectivity index (χ3n) is 4.92. The van der Waals surface area contributed by atoms with E-state index >= 15 is 0 Å². The number of ether oxygens (including phenoxy) is 1. The van der Waals surface area contributed by atoms with E-state index in [1.807, 2.05) is 43.8 Å². The van der Waals surface area contributed by atoms with Crippen molar-refractivity contribution in [2.24, 2.45) is 7.05 Å². The first kappa shape index (κ1) is 17.4. The maximum Gasteiger partial charge on any atom is 0.253 e. The second-order valence-corrected chi connectivity index (χ2v) is 6.55. The number of aryl methyl sites for hydroxylation is 2. The summed E-state index contributed by atoms with van der Waals surface area (Å²) < 4.78 is 7.48.